The van der Waals surface area contributed by atoms with Crippen LogP contribution >= 0.6 is 0 Å². The number of hydrogen-bond donors (Lipinski definition) is 3. The van der Waals surface area contributed by atoms with Crippen molar-refractivity contribution in [2.45, 2.75) is 0 Å². The van der Waals surface area contributed by atoms with Crippen molar-refractivity contribution in [3.8, 4) is 5.75 Å². The Morgan fingerprint density at radius 2 is 2.18 bits per heavy atom. The third-order valence-electron chi connectivity index (χ3n) is 1.10. The zero-order valence-electron chi connectivity index (χ0n) is 5.61. The smallest absolute Gasteiger partial charge is 0.409 e. The van der Waals surface area contributed by atoms with Gasteiger partial charge in [-0.05, 0) is 12.1 Å². The van der Waals surface area contributed by atoms with Gasteiger partial charge in [-0.15, -0.1) is 0 Å². The molecular weight excluding hydrogens is 146 g/mol. The second kappa shape index (κ2) is 2.92. The van der Waals surface area contributed by atoms with E-state index in [0.29, 0.717) is 5.69 Å². The Morgan fingerprint density at radius 3 is 2.73 bits per heavy atom. The SMILES string of the molecule is O=C(O)Nc1cccc(O)c1. The zero-order chi connectivity index (χ0) is 8.27. The molecule has 0 radical (unpaired) electrons. The van der Waals surface area contributed by atoms with E-state index in [-0.39, 0.29) is 5.75 Å². The van der Waals surface area contributed by atoms with E-state index in [9.17, 15) is 4.79 Å². The van der Waals surface area contributed by atoms with Crippen LogP contribution in [0.5, 0.6) is 5.75 Å². The number of hydrogen-bond acceptors (Lipinski definition) is 2. The monoisotopic (exact) mass is 153 g/mol. The third kappa shape index (κ3) is 2.17. The molecule has 1 amide bonds. The average Bonchev–Trinajstić information content (AvgIpc) is 1.85. The molecule has 0 bridgehead atoms. The summed E-state index contributed by atoms with van der Waals surface area (Å²) in [7, 11) is 0. The number of benzene rings is 1. The molecule has 0 spiro atoms. The van der Waals surface area contributed by atoms with E-state index < -0.39 is 6.09 Å². The quantitative estimate of drug-likeness (QED) is 0.572. The molecule has 1 aromatic rings. The van der Waals surface area contributed by atoms with Gasteiger partial charge in [0.05, 0.1) is 0 Å². The second-order valence-corrected chi connectivity index (χ2v) is 1.98. The predicted octanol–water partition coefficient (Wildman–Crippen LogP) is 1.48. The van der Waals surface area contributed by atoms with Crippen LogP contribution in [0.2, 0.25) is 0 Å². The highest BCUT2D eigenvalue weighted by Crippen LogP contribution is 2.14. The third-order valence-corrected chi connectivity index (χ3v) is 1.10. The van der Waals surface area contributed by atoms with Gasteiger partial charge < -0.3 is 10.2 Å². The lowest BCUT2D eigenvalue weighted by molar-refractivity contribution is 0.210. The number of phenols is 1. The molecule has 0 aromatic heterocycles. The fourth-order valence-corrected chi connectivity index (χ4v) is 0.707. The van der Waals surface area contributed by atoms with Gasteiger partial charge >= 0.3 is 6.09 Å². The average molecular weight is 153 g/mol. The van der Waals surface area contributed by atoms with Gasteiger partial charge in [-0.2, -0.15) is 0 Å². The molecule has 0 atom stereocenters. The Kier molecular flexibility index (Phi) is 1.96. The Hall–Kier alpha value is -1.71. The van der Waals surface area contributed by atoms with Crippen LogP contribution in [0, 0.1) is 0 Å². The van der Waals surface area contributed by atoms with E-state index in [1.54, 1.807) is 12.1 Å². The van der Waals surface area contributed by atoms with E-state index in [0.717, 1.165) is 0 Å². The van der Waals surface area contributed by atoms with Gasteiger partial charge in [-0.25, -0.2) is 4.79 Å². The van der Waals surface area contributed by atoms with E-state index >= 15 is 0 Å². The van der Waals surface area contributed by atoms with Gasteiger partial charge in [0.2, 0.25) is 0 Å². The van der Waals surface area contributed by atoms with E-state index in [1.807, 2.05) is 0 Å². The van der Waals surface area contributed by atoms with Crippen molar-refractivity contribution in [3.63, 3.8) is 0 Å². The van der Waals surface area contributed by atoms with E-state index in [1.165, 1.54) is 12.1 Å². The molecule has 1 rings (SSSR count). The molecule has 0 saturated heterocycles. The molecule has 3 N–H and O–H groups in total. The molecule has 0 heterocycles. The molecule has 0 aliphatic rings. The summed E-state index contributed by atoms with van der Waals surface area (Å²) >= 11 is 0. The predicted molar refractivity (Wildman–Crippen MR) is 39.8 cm³/mol. The lowest BCUT2D eigenvalue weighted by Crippen LogP contribution is -2.06. The molecule has 4 nitrogen and oxygen atoms in total. The number of amides is 1. The van der Waals surface area contributed by atoms with Crippen LogP contribution < -0.4 is 5.32 Å². The summed E-state index contributed by atoms with van der Waals surface area (Å²) in [5.41, 5.74) is 0.359. The van der Waals surface area contributed by atoms with E-state index in [2.05, 4.69) is 5.32 Å². The summed E-state index contributed by atoms with van der Waals surface area (Å²) in [6.45, 7) is 0. The molecule has 0 aliphatic carbocycles. The number of phenolic OH excluding ortho intramolecular Hbond substituents is 1. The molecule has 0 saturated carbocycles. The molecule has 4 heteroatoms. The highest BCUT2D eigenvalue weighted by Gasteiger charge is 1.96. The Balaban J connectivity index is 2.79. The number of rotatable bonds is 1. The zero-order valence-corrected chi connectivity index (χ0v) is 5.61. The van der Waals surface area contributed by atoms with Crippen LogP contribution in [0.1, 0.15) is 0 Å². The largest absolute Gasteiger partial charge is 0.508 e. The van der Waals surface area contributed by atoms with Gasteiger partial charge in [0.25, 0.3) is 0 Å². The minimum absolute atomic E-state index is 0.0382. The Labute approximate surface area is 63.1 Å². The number of carboxylic acid groups (broad SMARTS) is 1. The molecule has 0 fully saturated rings. The molecule has 0 aliphatic heterocycles. The van der Waals surface area contributed by atoms with Crippen molar-refractivity contribution in [1.29, 1.82) is 0 Å². The molecule has 11 heavy (non-hydrogen) atoms. The lowest BCUT2D eigenvalue weighted by atomic mass is 10.3. The topological polar surface area (TPSA) is 69.6 Å². The maximum Gasteiger partial charge on any atom is 0.409 e. The van der Waals surface area contributed by atoms with Gasteiger partial charge in [-0.1, -0.05) is 6.07 Å². The first kappa shape index (κ1) is 7.40. The van der Waals surface area contributed by atoms with Crippen molar-refractivity contribution in [1.82, 2.24) is 0 Å². The summed E-state index contributed by atoms with van der Waals surface area (Å²) in [6, 6.07) is 5.90. The van der Waals surface area contributed by atoms with Crippen LogP contribution in [-0.2, 0) is 0 Å². The van der Waals surface area contributed by atoms with Gasteiger partial charge in [0.15, 0.2) is 0 Å². The first-order valence-corrected chi connectivity index (χ1v) is 2.97. The van der Waals surface area contributed by atoms with Crippen LogP contribution in [0.15, 0.2) is 24.3 Å². The van der Waals surface area contributed by atoms with Crippen LogP contribution in [0.4, 0.5) is 10.5 Å². The van der Waals surface area contributed by atoms with Crippen LogP contribution in [-0.4, -0.2) is 16.3 Å². The Morgan fingerprint density at radius 1 is 1.45 bits per heavy atom. The first-order chi connectivity index (χ1) is 5.18. The summed E-state index contributed by atoms with van der Waals surface area (Å²) < 4.78 is 0. The number of anilines is 1. The van der Waals surface area contributed by atoms with Crippen molar-refractivity contribution >= 4 is 11.8 Å². The van der Waals surface area contributed by atoms with Crippen molar-refractivity contribution < 1.29 is 15.0 Å². The molecule has 0 unspecified atom stereocenters. The van der Waals surface area contributed by atoms with Gasteiger partial charge in [-0.3, -0.25) is 5.32 Å². The first-order valence-electron chi connectivity index (χ1n) is 2.97. The fourth-order valence-electron chi connectivity index (χ4n) is 0.707. The second-order valence-electron chi connectivity index (χ2n) is 1.98. The van der Waals surface area contributed by atoms with Crippen LogP contribution in [0.3, 0.4) is 0 Å². The number of aromatic hydroxyl groups is 1. The van der Waals surface area contributed by atoms with E-state index in [4.69, 9.17) is 10.2 Å². The lowest BCUT2D eigenvalue weighted by Gasteiger charge is -1.99. The highest BCUT2D eigenvalue weighted by molar-refractivity contribution is 5.82. The summed E-state index contributed by atoms with van der Waals surface area (Å²) in [4.78, 5) is 10.1. The maximum atomic E-state index is 10.1. The van der Waals surface area contributed by atoms with Gasteiger partial charge in [0, 0.05) is 11.8 Å². The minimum atomic E-state index is -1.14. The summed E-state index contributed by atoms with van der Waals surface area (Å²) in [6.07, 6.45) is -1.14. The standard InChI is InChI=1S/C7H7NO3/c9-6-3-1-2-5(4-6)8-7(10)11/h1-4,8-9H,(H,10,11). The Bertz CT molecular complexity index is 272. The molecule has 1 aromatic carbocycles. The highest BCUT2D eigenvalue weighted by atomic mass is 16.4. The van der Waals surface area contributed by atoms with Crippen molar-refractivity contribution in [3.05, 3.63) is 24.3 Å². The fraction of sp³-hybridized carbons (Fsp3) is 0. The molecule has 58 valence electrons. The van der Waals surface area contributed by atoms with Crippen molar-refractivity contribution in [2.75, 3.05) is 5.32 Å². The maximum absolute atomic E-state index is 10.1. The normalized spacial score (nSPS) is 9.09. The summed E-state index contributed by atoms with van der Waals surface area (Å²) in [5.74, 6) is 0.0382. The van der Waals surface area contributed by atoms with Gasteiger partial charge in [0.1, 0.15) is 5.75 Å². The number of nitrogens with one attached hydrogen (secondary N) is 1. The number of carbonyl (C=O) groups is 1. The minimum Gasteiger partial charge on any atom is -0.508 e. The summed E-state index contributed by atoms with van der Waals surface area (Å²) in [5, 5.41) is 19.3. The molecular formula is C7H7NO3. The van der Waals surface area contributed by atoms with Crippen molar-refractivity contribution in [2.24, 2.45) is 0 Å². The van der Waals surface area contributed by atoms with Crippen LogP contribution in [0.25, 0.3) is 0 Å².